The summed E-state index contributed by atoms with van der Waals surface area (Å²) in [6.45, 7) is 12.4. The molecule has 0 aromatic carbocycles. The van der Waals surface area contributed by atoms with E-state index in [1.165, 1.54) is 0 Å². The Bertz CT molecular complexity index is 168. The summed E-state index contributed by atoms with van der Waals surface area (Å²) in [5.41, 5.74) is 11.1. The summed E-state index contributed by atoms with van der Waals surface area (Å²) in [6.07, 6.45) is 0. The molecule has 0 rings (SSSR count). The monoisotopic (exact) mass is 260 g/mol. The molecule has 8 N–H and O–H groups in total. The summed E-state index contributed by atoms with van der Waals surface area (Å²) in [7, 11) is 0. The molecule has 0 bridgehead atoms. The Kier molecular flexibility index (Phi) is 11.7. The molecule has 0 fully saturated rings. The van der Waals surface area contributed by atoms with Crippen LogP contribution in [0.15, 0.2) is 0 Å². The van der Waals surface area contributed by atoms with Crippen LogP contribution >= 0.6 is 0 Å². The van der Waals surface area contributed by atoms with Gasteiger partial charge in [-0.15, -0.1) is 0 Å². The van der Waals surface area contributed by atoms with Crippen LogP contribution in [0.25, 0.3) is 0 Å². The molecule has 0 spiro atoms. The lowest BCUT2D eigenvalue weighted by Crippen LogP contribution is -2.45. The van der Waals surface area contributed by atoms with Crippen molar-refractivity contribution in [2.75, 3.05) is 58.9 Å². The molecule has 0 amide bonds. The van der Waals surface area contributed by atoms with Crippen molar-refractivity contribution >= 4 is 0 Å². The SMILES string of the molecule is CC(C)(N)CNCCNCCNCCNCCN. The van der Waals surface area contributed by atoms with Crippen LogP contribution in [0.3, 0.4) is 0 Å². The van der Waals surface area contributed by atoms with Gasteiger partial charge in [-0.3, -0.25) is 0 Å². The molecule has 0 aliphatic carbocycles. The summed E-state index contributed by atoms with van der Waals surface area (Å²) >= 11 is 0. The topological polar surface area (TPSA) is 100 Å². The van der Waals surface area contributed by atoms with E-state index < -0.39 is 0 Å². The minimum absolute atomic E-state index is 0.127. The second-order valence-corrected chi connectivity index (χ2v) is 5.20. The Morgan fingerprint density at radius 3 is 1.50 bits per heavy atom. The van der Waals surface area contributed by atoms with E-state index in [1.54, 1.807) is 0 Å². The number of rotatable bonds is 13. The van der Waals surface area contributed by atoms with E-state index in [0.29, 0.717) is 6.54 Å². The average molecular weight is 260 g/mol. The molecular formula is C12H32N6. The van der Waals surface area contributed by atoms with Gasteiger partial charge in [-0.1, -0.05) is 0 Å². The van der Waals surface area contributed by atoms with Gasteiger partial charge in [0.25, 0.3) is 0 Å². The van der Waals surface area contributed by atoms with Crippen molar-refractivity contribution in [3.05, 3.63) is 0 Å². The van der Waals surface area contributed by atoms with Crippen molar-refractivity contribution in [1.29, 1.82) is 0 Å². The van der Waals surface area contributed by atoms with E-state index in [9.17, 15) is 0 Å². The van der Waals surface area contributed by atoms with Gasteiger partial charge in [0.2, 0.25) is 0 Å². The average Bonchev–Trinajstić information content (AvgIpc) is 2.29. The normalized spacial score (nSPS) is 12.0. The molecule has 18 heavy (non-hydrogen) atoms. The van der Waals surface area contributed by atoms with Crippen LogP contribution in [0, 0.1) is 0 Å². The first kappa shape index (κ1) is 17.8. The van der Waals surface area contributed by atoms with Crippen molar-refractivity contribution in [2.45, 2.75) is 19.4 Å². The molecule has 0 heterocycles. The lowest BCUT2D eigenvalue weighted by Gasteiger charge is -2.19. The van der Waals surface area contributed by atoms with E-state index in [0.717, 1.165) is 52.4 Å². The molecule has 110 valence electrons. The lowest BCUT2D eigenvalue weighted by atomic mass is 10.1. The maximum Gasteiger partial charge on any atom is 0.0223 e. The number of hydrogen-bond acceptors (Lipinski definition) is 6. The molecule has 0 aromatic heterocycles. The first-order valence-electron chi connectivity index (χ1n) is 6.88. The third-order valence-electron chi connectivity index (χ3n) is 2.34. The van der Waals surface area contributed by atoms with E-state index >= 15 is 0 Å². The zero-order chi connectivity index (χ0) is 13.7. The van der Waals surface area contributed by atoms with Gasteiger partial charge in [0.1, 0.15) is 0 Å². The first-order chi connectivity index (χ1) is 8.56. The number of hydrogen-bond donors (Lipinski definition) is 6. The molecular weight excluding hydrogens is 228 g/mol. The fourth-order valence-corrected chi connectivity index (χ4v) is 1.42. The molecule has 0 radical (unpaired) electrons. The quantitative estimate of drug-likeness (QED) is 0.215. The minimum atomic E-state index is -0.127. The highest BCUT2D eigenvalue weighted by Crippen LogP contribution is 1.91. The van der Waals surface area contributed by atoms with Crippen molar-refractivity contribution < 1.29 is 0 Å². The Balaban J connectivity index is 2.99. The fraction of sp³-hybridized carbons (Fsp3) is 1.00. The van der Waals surface area contributed by atoms with Gasteiger partial charge in [-0.2, -0.15) is 0 Å². The van der Waals surface area contributed by atoms with Gasteiger partial charge in [0, 0.05) is 64.4 Å². The number of nitrogens with two attached hydrogens (primary N) is 2. The van der Waals surface area contributed by atoms with Gasteiger partial charge in [-0.25, -0.2) is 0 Å². The molecule has 0 saturated carbocycles. The van der Waals surface area contributed by atoms with Gasteiger partial charge in [0.15, 0.2) is 0 Å². The van der Waals surface area contributed by atoms with Gasteiger partial charge < -0.3 is 32.7 Å². The van der Waals surface area contributed by atoms with Crippen LogP contribution in [-0.4, -0.2) is 64.4 Å². The van der Waals surface area contributed by atoms with Crippen LogP contribution in [-0.2, 0) is 0 Å². The predicted octanol–water partition coefficient (Wildman–Crippen LogP) is -1.96. The maximum absolute atomic E-state index is 5.86. The molecule has 0 aliphatic heterocycles. The summed E-state index contributed by atoms with van der Waals surface area (Å²) in [4.78, 5) is 0. The van der Waals surface area contributed by atoms with E-state index in [-0.39, 0.29) is 5.54 Å². The van der Waals surface area contributed by atoms with E-state index in [4.69, 9.17) is 11.5 Å². The molecule has 6 nitrogen and oxygen atoms in total. The third kappa shape index (κ3) is 15.8. The second-order valence-electron chi connectivity index (χ2n) is 5.20. The van der Waals surface area contributed by atoms with E-state index in [2.05, 4.69) is 21.3 Å². The van der Waals surface area contributed by atoms with E-state index in [1.807, 2.05) is 13.8 Å². The highest BCUT2D eigenvalue weighted by Gasteiger charge is 2.08. The Morgan fingerprint density at radius 2 is 1.11 bits per heavy atom. The molecule has 0 aliphatic rings. The standard InChI is InChI=1S/C12H32N6/c1-12(2,14)11-18-10-9-17-8-7-16-6-5-15-4-3-13/h15-18H,3-11,13-14H2,1-2H3. The minimum Gasteiger partial charge on any atom is -0.329 e. The Labute approximate surface area is 112 Å². The smallest absolute Gasteiger partial charge is 0.0223 e. The second kappa shape index (κ2) is 11.8. The fourth-order valence-electron chi connectivity index (χ4n) is 1.42. The van der Waals surface area contributed by atoms with Crippen LogP contribution in [0.4, 0.5) is 0 Å². The van der Waals surface area contributed by atoms with Crippen molar-refractivity contribution in [3.63, 3.8) is 0 Å². The maximum atomic E-state index is 5.86. The Hall–Kier alpha value is -0.240. The predicted molar refractivity (Wildman–Crippen MR) is 78.8 cm³/mol. The van der Waals surface area contributed by atoms with Gasteiger partial charge >= 0.3 is 0 Å². The molecule has 0 aromatic rings. The first-order valence-corrected chi connectivity index (χ1v) is 6.88. The number of nitrogens with one attached hydrogen (secondary N) is 4. The van der Waals surface area contributed by atoms with Crippen molar-refractivity contribution in [2.24, 2.45) is 11.5 Å². The summed E-state index contributed by atoms with van der Waals surface area (Å²) < 4.78 is 0. The third-order valence-corrected chi connectivity index (χ3v) is 2.34. The van der Waals surface area contributed by atoms with Crippen LogP contribution in [0.1, 0.15) is 13.8 Å². The Morgan fingerprint density at radius 1 is 0.722 bits per heavy atom. The van der Waals surface area contributed by atoms with Crippen LogP contribution < -0.4 is 32.7 Å². The molecule has 6 heteroatoms. The summed E-state index contributed by atoms with van der Waals surface area (Å²) in [5.74, 6) is 0. The zero-order valence-corrected chi connectivity index (χ0v) is 12.0. The zero-order valence-electron chi connectivity index (χ0n) is 12.0. The van der Waals surface area contributed by atoms with Crippen molar-refractivity contribution in [3.8, 4) is 0 Å². The van der Waals surface area contributed by atoms with Crippen molar-refractivity contribution in [1.82, 2.24) is 21.3 Å². The molecule has 0 atom stereocenters. The van der Waals surface area contributed by atoms with Gasteiger partial charge in [0.05, 0.1) is 0 Å². The molecule has 0 saturated heterocycles. The summed E-state index contributed by atoms with van der Waals surface area (Å²) in [5, 5.41) is 13.3. The lowest BCUT2D eigenvalue weighted by molar-refractivity contribution is 0.462. The largest absolute Gasteiger partial charge is 0.329 e. The molecule has 0 unspecified atom stereocenters. The highest BCUT2D eigenvalue weighted by atomic mass is 15.0. The summed E-state index contributed by atoms with van der Waals surface area (Å²) in [6, 6.07) is 0. The van der Waals surface area contributed by atoms with Gasteiger partial charge in [-0.05, 0) is 13.8 Å². The van der Waals surface area contributed by atoms with Crippen LogP contribution in [0.5, 0.6) is 0 Å². The highest BCUT2D eigenvalue weighted by molar-refractivity contribution is 4.74. The van der Waals surface area contributed by atoms with Crippen LogP contribution in [0.2, 0.25) is 0 Å².